The van der Waals surface area contributed by atoms with Crippen LogP contribution < -0.4 is 4.90 Å². The maximum Gasteiger partial charge on any atom is 0.236 e. The standard InChI is InChI=1S/C21H22BrClN2O3S/c1-24(20-8-7-18(22)15-19(20)23)21(26)17-9-12-25(13-10-17)29(27,28)14-11-16-5-3-2-4-6-16/h2-8,11,14-15,17H,9-10,12-13H2,1H3/b14-11+. The number of carbonyl (C=O) groups is 1. The second-order valence-electron chi connectivity index (χ2n) is 6.92. The smallest absolute Gasteiger partial charge is 0.236 e. The molecule has 29 heavy (non-hydrogen) atoms. The molecule has 5 nitrogen and oxygen atoms in total. The highest BCUT2D eigenvalue weighted by Crippen LogP contribution is 2.31. The van der Waals surface area contributed by atoms with Crippen LogP contribution in [0.3, 0.4) is 0 Å². The van der Waals surface area contributed by atoms with Crippen LogP contribution in [-0.4, -0.2) is 38.8 Å². The first-order valence-electron chi connectivity index (χ1n) is 9.24. The second-order valence-corrected chi connectivity index (χ2v) is 10.1. The summed E-state index contributed by atoms with van der Waals surface area (Å²) in [6.07, 6.45) is 2.56. The number of piperidine rings is 1. The molecule has 0 aliphatic carbocycles. The number of anilines is 1. The van der Waals surface area contributed by atoms with Gasteiger partial charge in [0.2, 0.25) is 15.9 Å². The first-order valence-corrected chi connectivity index (χ1v) is 11.9. The topological polar surface area (TPSA) is 57.7 Å². The molecule has 0 radical (unpaired) electrons. The van der Waals surface area contributed by atoms with Crippen LogP contribution >= 0.6 is 27.5 Å². The quantitative estimate of drug-likeness (QED) is 0.597. The third-order valence-corrected chi connectivity index (χ3v) is 7.36. The Morgan fingerprint density at radius 2 is 1.83 bits per heavy atom. The van der Waals surface area contributed by atoms with Gasteiger partial charge >= 0.3 is 0 Å². The van der Waals surface area contributed by atoms with Crippen molar-refractivity contribution in [2.75, 3.05) is 25.0 Å². The van der Waals surface area contributed by atoms with E-state index in [1.807, 2.05) is 36.4 Å². The van der Waals surface area contributed by atoms with Crippen LogP contribution in [0.5, 0.6) is 0 Å². The summed E-state index contributed by atoms with van der Waals surface area (Å²) < 4.78 is 27.5. The van der Waals surface area contributed by atoms with Crippen LogP contribution in [0.1, 0.15) is 18.4 Å². The number of nitrogens with zero attached hydrogens (tertiary/aromatic N) is 2. The summed E-state index contributed by atoms with van der Waals surface area (Å²) in [6, 6.07) is 14.7. The van der Waals surface area contributed by atoms with Crippen LogP contribution in [0, 0.1) is 5.92 Å². The van der Waals surface area contributed by atoms with Gasteiger partial charge in [-0.1, -0.05) is 57.9 Å². The minimum absolute atomic E-state index is 0.0499. The van der Waals surface area contributed by atoms with Crippen LogP contribution in [0.15, 0.2) is 58.4 Å². The van der Waals surface area contributed by atoms with Crippen LogP contribution in [0.4, 0.5) is 5.69 Å². The van der Waals surface area contributed by atoms with E-state index in [1.165, 1.54) is 9.71 Å². The van der Waals surface area contributed by atoms with Gasteiger partial charge in [-0.15, -0.1) is 0 Å². The van der Waals surface area contributed by atoms with E-state index in [9.17, 15) is 13.2 Å². The molecule has 154 valence electrons. The van der Waals surface area contributed by atoms with Crippen molar-refractivity contribution >= 4 is 55.2 Å². The van der Waals surface area contributed by atoms with E-state index in [2.05, 4.69) is 15.9 Å². The predicted octanol–water partition coefficient (Wildman–Crippen LogP) is 4.78. The lowest BCUT2D eigenvalue weighted by atomic mass is 9.96. The molecule has 1 aliphatic heterocycles. The molecular weight excluding hydrogens is 476 g/mol. The fourth-order valence-corrected chi connectivity index (χ4v) is 5.34. The maximum atomic E-state index is 12.9. The van der Waals surface area contributed by atoms with Gasteiger partial charge in [-0.2, -0.15) is 4.31 Å². The van der Waals surface area contributed by atoms with Crippen molar-refractivity contribution < 1.29 is 13.2 Å². The lowest BCUT2D eigenvalue weighted by molar-refractivity contribution is -0.123. The number of halogens is 2. The van der Waals surface area contributed by atoms with Crippen LogP contribution in [-0.2, 0) is 14.8 Å². The average Bonchev–Trinajstić information content (AvgIpc) is 2.72. The highest BCUT2D eigenvalue weighted by molar-refractivity contribution is 9.10. The van der Waals surface area contributed by atoms with Gasteiger partial charge in [-0.05, 0) is 42.7 Å². The Kier molecular flexibility index (Phi) is 7.16. The summed E-state index contributed by atoms with van der Waals surface area (Å²) in [4.78, 5) is 14.4. The van der Waals surface area contributed by atoms with Crippen molar-refractivity contribution in [1.82, 2.24) is 4.31 Å². The minimum Gasteiger partial charge on any atom is -0.314 e. The summed E-state index contributed by atoms with van der Waals surface area (Å²) in [6.45, 7) is 0.638. The Hall–Kier alpha value is -1.67. The Labute approximate surface area is 185 Å². The Balaban J connectivity index is 1.62. The van der Waals surface area contributed by atoms with Gasteiger partial charge in [0, 0.05) is 35.9 Å². The van der Waals surface area contributed by atoms with E-state index < -0.39 is 10.0 Å². The summed E-state index contributed by atoms with van der Waals surface area (Å²) in [5.41, 5.74) is 1.47. The summed E-state index contributed by atoms with van der Waals surface area (Å²) in [5.74, 6) is -0.282. The normalized spacial score (nSPS) is 16.2. The van der Waals surface area contributed by atoms with Crippen molar-refractivity contribution in [3.63, 3.8) is 0 Å². The Bertz CT molecular complexity index is 1000. The van der Waals surface area contributed by atoms with E-state index in [-0.39, 0.29) is 11.8 Å². The van der Waals surface area contributed by atoms with Gasteiger partial charge in [0.1, 0.15) is 0 Å². The number of rotatable bonds is 5. The molecule has 0 spiro atoms. The molecule has 0 atom stereocenters. The largest absolute Gasteiger partial charge is 0.314 e. The molecule has 1 amide bonds. The van der Waals surface area contributed by atoms with E-state index >= 15 is 0 Å². The van der Waals surface area contributed by atoms with E-state index in [4.69, 9.17) is 11.6 Å². The molecule has 0 aromatic heterocycles. The first kappa shape index (κ1) is 22.0. The lowest BCUT2D eigenvalue weighted by Crippen LogP contribution is -2.43. The van der Waals surface area contributed by atoms with Crippen molar-refractivity contribution in [1.29, 1.82) is 0 Å². The molecule has 0 saturated carbocycles. The Morgan fingerprint density at radius 1 is 1.17 bits per heavy atom. The molecule has 2 aromatic rings. The predicted molar refractivity (Wildman–Crippen MR) is 121 cm³/mol. The third kappa shape index (κ3) is 5.48. The number of carbonyl (C=O) groups excluding carboxylic acids is 1. The van der Waals surface area contributed by atoms with Gasteiger partial charge in [0.15, 0.2) is 0 Å². The Morgan fingerprint density at radius 3 is 2.45 bits per heavy atom. The third-order valence-electron chi connectivity index (χ3n) is 5.00. The zero-order chi connectivity index (χ0) is 21.0. The van der Waals surface area contributed by atoms with Gasteiger partial charge in [-0.25, -0.2) is 8.42 Å². The molecule has 1 saturated heterocycles. The monoisotopic (exact) mass is 496 g/mol. The molecule has 1 heterocycles. The van der Waals surface area contributed by atoms with Crippen molar-refractivity contribution in [2.24, 2.45) is 5.92 Å². The van der Waals surface area contributed by atoms with Gasteiger partial charge in [0.05, 0.1) is 10.7 Å². The van der Waals surface area contributed by atoms with Crippen molar-refractivity contribution in [3.8, 4) is 0 Å². The van der Waals surface area contributed by atoms with Gasteiger partial charge in [-0.3, -0.25) is 4.79 Å². The minimum atomic E-state index is -3.51. The molecule has 3 rings (SSSR count). The average molecular weight is 498 g/mol. The number of sulfonamides is 1. The first-order chi connectivity index (χ1) is 13.8. The molecular formula is C21H22BrClN2O3S. The van der Waals surface area contributed by atoms with Gasteiger partial charge in [0.25, 0.3) is 0 Å². The van der Waals surface area contributed by atoms with Crippen LogP contribution in [0.25, 0.3) is 6.08 Å². The zero-order valence-corrected chi connectivity index (χ0v) is 19.1. The van der Waals surface area contributed by atoms with Crippen LogP contribution in [0.2, 0.25) is 5.02 Å². The molecule has 1 fully saturated rings. The highest BCUT2D eigenvalue weighted by Gasteiger charge is 2.32. The van der Waals surface area contributed by atoms with E-state index in [0.29, 0.717) is 36.6 Å². The SMILES string of the molecule is CN(C(=O)C1CCN(S(=O)(=O)/C=C/c2ccccc2)CC1)c1ccc(Br)cc1Cl. The summed E-state index contributed by atoms with van der Waals surface area (Å²) >= 11 is 9.61. The molecule has 0 bridgehead atoms. The molecule has 1 aliphatic rings. The molecule has 2 aromatic carbocycles. The van der Waals surface area contributed by atoms with E-state index in [0.717, 1.165) is 10.0 Å². The second kappa shape index (κ2) is 9.43. The fourth-order valence-electron chi connectivity index (χ4n) is 3.32. The van der Waals surface area contributed by atoms with Crippen molar-refractivity contribution in [3.05, 3.63) is 69.0 Å². The van der Waals surface area contributed by atoms with Crippen molar-refractivity contribution in [2.45, 2.75) is 12.8 Å². The number of amides is 1. The number of hydrogen-bond acceptors (Lipinski definition) is 3. The lowest BCUT2D eigenvalue weighted by Gasteiger charge is -2.32. The highest BCUT2D eigenvalue weighted by atomic mass is 79.9. The molecule has 0 unspecified atom stereocenters. The van der Waals surface area contributed by atoms with E-state index in [1.54, 1.807) is 30.2 Å². The summed E-state index contributed by atoms with van der Waals surface area (Å²) in [5, 5.41) is 1.72. The number of benzene rings is 2. The number of hydrogen-bond donors (Lipinski definition) is 0. The maximum absolute atomic E-state index is 12.9. The summed E-state index contributed by atoms with van der Waals surface area (Å²) in [7, 11) is -1.82. The fraction of sp³-hybridized carbons (Fsp3) is 0.286. The molecule has 0 N–H and O–H groups in total. The zero-order valence-electron chi connectivity index (χ0n) is 16.0. The van der Waals surface area contributed by atoms with Gasteiger partial charge < -0.3 is 4.90 Å². The molecule has 8 heteroatoms.